The normalized spacial score (nSPS) is 40.7. The number of carbonyl (C=O) groups is 2. The molecule has 0 aromatic carbocycles. The Kier molecular flexibility index (Phi) is 5.90. The van der Waals surface area contributed by atoms with Crippen LogP contribution in [0.2, 0.25) is 0 Å². The lowest BCUT2D eigenvalue weighted by atomic mass is 9.87. The highest BCUT2D eigenvalue weighted by molar-refractivity contribution is 5.79. The Morgan fingerprint density at radius 1 is 1.35 bits per heavy atom. The van der Waals surface area contributed by atoms with Crippen LogP contribution in [0.4, 0.5) is 4.39 Å². The van der Waals surface area contributed by atoms with E-state index in [1.54, 1.807) is 13.8 Å². The number of amides is 1. The number of esters is 1. The fourth-order valence-electron chi connectivity index (χ4n) is 3.04. The van der Waals surface area contributed by atoms with Crippen LogP contribution in [0, 0.1) is 0 Å². The van der Waals surface area contributed by atoms with Crippen molar-refractivity contribution in [2.75, 3.05) is 13.7 Å². The van der Waals surface area contributed by atoms with Crippen molar-refractivity contribution in [1.82, 2.24) is 5.32 Å². The number of carbonyl (C=O) groups excluding carboxylic acids is 2. The molecular formula is C15H24FNO9. The summed E-state index contributed by atoms with van der Waals surface area (Å²) < 4.78 is 34.8. The lowest BCUT2D eigenvalue weighted by Gasteiger charge is -2.46. The number of alkyl halides is 1. The monoisotopic (exact) mass is 381 g/mol. The van der Waals surface area contributed by atoms with Gasteiger partial charge in [0.15, 0.2) is 12.0 Å². The van der Waals surface area contributed by atoms with E-state index in [1.807, 2.05) is 0 Å². The Hall–Kier alpha value is -1.37. The second-order valence-electron chi connectivity index (χ2n) is 6.75. The molecule has 2 saturated heterocycles. The summed E-state index contributed by atoms with van der Waals surface area (Å²) in [6, 6.07) is -1.46. The predicted octanol–water partition coefficient (Wildman–Crippen LogP) is -2.04. The third kappa shape index (κ3) is 3.82. The number of methoxy groups -OCH3 is 1. The summed E-state index contributed by atoms with van der Waals surface area (Å²) in [7, 11) is 0.893. The topological polar surface area (TPSA) is 144 Å². The van der Waals surface area contributed by atoms with Gasteiger partial charge in [0, 0.05) is 6.92 Å². The van der Waals surface area contributed by atoms with Gasteiger partial charge in [-0.15, -0.1) is 0 Å². The first-order chi connectivity index (χ1) is 11.9. The smallest absolute Gasteiger partial charge is 0.369 e. The number of rotatable bonds is 4. The van der Waals surface area contributed by atoms with Gasteiger partial charge in [0.2, 0.25) is 5.91 Å². The van der Waals surface area contributed by atoms with Gasteiger partial charge < -0.3 is 39.6 Å². The van der Waals surface area contributed by atoms with E-state index in [9.17, 15) is 29.3 Å². The minimum atomic E-state index is -3.16. The molecule has 1 amide bonds. The highest BCUT2D eigenvalue weighted by atomic mass is 19.1. The maximum atomic E-state index is 14.5. The molecule has 0 bridgehead atoms. The van der Waals surface area contributed by atoms with Crippen molar-refractivity contribution in [3.63, 3.8) is 0 Å². The zero-order valence-electron chi connectivity index (χ0n) is 14.8. The Labute approximate surface area is 149 Å². The van der Waals surface area contributed by atoms with Gasteiger partial charge in [-0.25, -0.2) is 9.18 Å². The Morgan fingerprint density at radius 2 is 1.96 bits per heavy atom. The maximum absolute atomic E-state index is 14.5. The average molecular weight is 381 g/mol. The van der Waals surface area contributed by atoms with Crippen LogP contribution in [-0.2, 0) is 28.5 Å². The number of ether oxygens (including phenoxy) is 4. The average Bonchev–Trinajstić information content (AvgIpc) is 2.93. The van der Waals surface area contributed by atoms with Crippen LogP contribution in [0.5, 0.6) is 0 Å². The number of hydrogen-bond acceptors (Lipinski definition) is 9. The van der Waals surface area contributed by atoms with Crippen LogP contribution in [0.15, 0.2) is 0 Å². The number of nitrogens with one attached hydrogen (secondary N) is 1. The van der Waals surface area contributed by atoms with Crippen molar-refractivity contribution in [3.8, 4) is 0 Å². The van der Waals surface area contributed by atoms with Crippen LogP contribution in [0.25, 0.3) is 0 Å². The molecule has 7 atom stereocenters. The maximum Gasteiger partial charge on any atom is 0.369 e. The Morgan fingerprint density at radius 3 is 2.42 bits per heavy atom. The van der Waals surface area contributed by atoms with Gasteiger partial charge in [0.05, 0.1) is 19.8 Å². The lowest BCUT2D eigenvalue weighted by molar-refractivity contribution is -0.321. The molecule has 0 aliphatic carbocycles. The molecule has 2 aliphatic heterocycles. The number of aliphatic hydroxyl groups excluding tert-OH is 2. The van der Waals surface area contributed by atoms with Crippen LogP contribution >= 0.6 is 0 Å². The molecular weight excluding hydrogens is 357 g/mol. The molecule has 0 aromatic heterocycles. The van der Waals surface area contributed by atoms with Crippen LogP contribution < -0.4 is 5.32 Å². The summed E-state index contributed by atoms with van der Waals surface area (Å²) in [5, 5.41) is 33.3. The van der Waals surface area contributed by atoms with Crippen molar-refractivity contribution in [1.29, 1.82) is 0 Å². The third-order valence-corrected chi connectivity index (χ3v) is 4.31. The lowest BCUT2D eigenvalue weighted by Crippen LogP contribution is -2.72. The fraction of sp³-hybridized carbons (Fsp3) is 0.867. The summed E-state index contributed by atoms with van der Waals surface area (Å²) >= 11 is 0. The Balaban J connectivity index is 2.33. The van der Waals surface area contributed by atoms with E-state index in [0.29, 0.717) is 0 Å². The van der Waals surface area contributed by atoms with Crippen LogP contribution in [0.3, 0.4) is 0 Å². The van der Waals surface area contributed by atoms with Gasteiger partial charge in [-0.05, 0) is 13.8 Å². The molecule has 0 aromatic rings. The summed E-state index contributed by atoms with van der Waals surface area (Å²) in [4.78, 5) is 23.2. The quantitative estimate of drug-likeness (QED) is 0.405. The fourth-order valence-corrected chi connectivity index (χ4v) is 3.04. The highest BCUT2D eigenvalue weighted by Gasteiger charge is 2.62. The second-order valence-corrected chi connectivity index (χ2v) is 6.75. The van der Waals surface area contributed by atoms with Gasteiger partial charge in [0.1, 0.15) is 24.4 Å². The van der Waals surface area contributed by atoms with Gasteiger partial charge in [-0.3, -0.25) is 4.79 Å². The van der Waals surface area contributed by atoms with Gasteiger partial charge in [-0.1, -0.05) is 0 Å². The largest absolute Gasteiger partial charge is 0.465 e. The molecule has 2 rings (SSSR count). The van der Waals surface area contributed by atoms with Gasteiger partial charge in [-0.2, -0.15) is 0 Å². The summed E-state index contributed by atoms with van der Waals surface area (Å²) in [5.74, 6) is -6.31. The first-order valence-electron chi connectivity index (χ1n) is 8.00. The zero-order chi connectivity index (χ0) is 19.9. The first-order valence-corrected chi connectivity index (χ1v) is 8.00. The molecule has 26 heavy (non-hydrogen) atoms. The van der Waals surface area contributed by atoms with E-state index < -0.39 is 60.1 Å². The molecule has 11 heteroatoms. The van der Waals surface area contributed by atoms with E-state index >= 15 is 0 Å². The third-order valence-electron chi connectivity index (χ3n) is 4.31. The standard InChI is InChI=1S/C15H24FNO9/c1-6(18)17-8-10(20)12(16)15(22,13(21)23-4)26-11(8)9(19)7-5-24-14(2,3)25-7/h7-12,19-20,22H,5H2,1-4H3,(H,17,18)/t7?,8-,9-,10-,11?,12?,15+/m0/s1. The second kappa shape index (κ2) is 7.33. The van der Waals surface area contributed by atoms with E-state index in [1.165, 1.54) is 0 Å². The SMILES string of the molecule is COC(=O)[C@]1(O)OC([C@@H](O)C2COC(C)(C)O2)[C@@H](NC(C)=O)[C@H](O)C1F. The predicted molar refractivity (Wildman–Crippen MR) is 81.3 cm³/mol. The molecule has 2 fully saturated rings. The molecule has 0 saturated carbocycles. The number of hydrogen-bond donors (Lipinski definition) is 4. The van der Waals surface area contributed by atoms with E-state index in [-0.39, 0.29) is 6.61 Å². The van der Waals surface area contributed by atoms with E-state index in [4.69, 9.17) is 14.2 Å². The van der Waals surface area contributed by atoms with E-state index in [0.717, 1.165) is 14.0 Å². The van der Waals surface area contributed by atoms with Crippen LogP contribution in [-0.4, -0.2) is 89.1 Å². The van der Waals surface area contributed by atoms with Crippen molar-refractivity contribution >= 4 is 11.9 Å². The molecule has 2 aliphatic rings. The summed E-state index contributed by atoms with van der Waals surface area (Å²) in [5.41, 5.74) is 0. The number of halogens is 1. The molecule has 10 nitrogen and oxygen atoms in total. The highest BCUT2D eigenvalue weighted by Crippen LogP contribution is 2.35. The molecule has 3 unspecified atom stereocenters. The first kappa shape index (κ1) is 20.9. The number of aliphatic hydroxyl groups is 3. The van der Waals surface area contributed by atoms with E-state index in [2.05, 4.69) is 10.1 Å². The minimum absolute atomic E-state index is 0.0629. The molecule has 0 radical (unpaired) electrons. The molecule has 4 N–H and O–H groups in total. The van der Waals surface area contributed by atoms with Gasteiger partial charge >= 0.3 is 11.8 Å². The zero-order valence-corrected chi connectivity index (χ0v) is 14.8. The summed E-state index contributed by atoms with van der Waals surface area (Å²) in [6.07, 6.45) is -8.84. The Bertz CT molecular complexity index is 559. The van der Waals surface area contributed by atoms with Gasteiger partial charge in [0.25, 0.3) is 0 Å². The van der Waals surface area contributed by atoms with Crippen molar-refractivity contribution in [2.24, 2.45) is 0 Å². The molecule has 0 spiro atoms. The molecule has 2 heterocycles. The van der Waals surface area contributed by atoms with Crippen molar-refractivity contribution < 1.29 is 48.2 Å². The van der Waals surface area contributed by atoms with Crippen molar-refractivity contribution in [2.45, 2.75) is 69.0 Å². The van der Waals surface area contributed by atoms with Crippen LogP contribution in [0.1, 0.15) is 20.8 Å². The molecule has 150 valence electrons. The van der Waals surface area contributed by atoms with Crippen molar-refractivity contribution in [3.05, 3.63) is 0 Å². The minimum Gasteiger partial charge on any atom is -0.465 e. The summed E-state index contributed by atoms with van der Waals surface area (Å²) in [6.45, 7) is 4.25.